The number of aromatic hydroxyl groups is 4. The van der Waals surface area contributed by atoms with Gasteiger partial charge in [0.1, 0.15) is 0 Å². The quantitative estimate of drug-likeness (QED) is 0.286. The Hall–Kier alpha value is -3.42. The van der Waals surface area contributed by atoms with E-state index in [1.807, 2.05) is 0 Å². The first-order valence-electron chi connectivity index (χ1n) is 7.75. The molecule has 2 rings (SSSR count). The van der Waals surface area contributed by atoms with Crippen molar-refractivity contribution in [1.29, 1.82) is 0 Å². The maximum atomic E-state index is 12.0. The Kier molecular flexibility index (Phi) is 5.90. The molecule has 0 atom stereocenters. The molecule has 8 nitrogen and oxygen atoms in total. The van der Waals surface area contributed by atoms with Crippen LogP contribution >= 0.6 is 0 Å². The molecule has 2 aromatic carbocycles. The molecule has 0 radical (unpaired) electrons. The normalized spacial score (nSPS) is 10.5. The number of esters is 1. The number of hydrogen-bond acceptors (Lipinski definition) is 7. The van der Waals surface area contributed by atoms with Crippen molar-refractivity contribution in [2.24, 2.45) is 0 Å². The van der Waals surface area contributed by atoms with Crippen LogP contribution in [-0.2, 0) is 22.4 Å². The first kappa shape index (κ1) is 18.9. The van der Waals surface area contributed by atoms with Gasteiger partial charge in [-0.05, 0) is 42.2 Å². The van der Waals surface area contributed by atoms with Gasteiger partial charge in [-0.25, -0.2) is 0 Å². The van der Waals surface area contributed by atoms with Gasteiger partial charge >= 0.3 is 11.9 Å². The molecule has 0 saturated heterocycles. The Morgan fingerprint density at radius 1 is 0.846 bits per heavy atom. The molecule has 138 valence electrons. The monoisotopic (exact) mass is 362 g/mol. The number of carbonyl (C=O) groups excluding carboxylic acids is 1. The Labute approximate surface area is 148 Å². The van der Waals surface area contributed by atoms with E-state index in [2.05, 4.69) is 0 Å². The van der Waals surface area contributed by atoms with Gasteiger partial charge < -0.3 is 30.3 Å². The van der Waals surface area contributed by atoms with Gasteiger partial charge in [0.2, 0.25) is 5.75 Å². The predicted octanol–water partition coefficient (Wildman–Crippen LogP) is 2.06. The lowest BCUT2D eigenvalue weighted by molar-refractivity contribution is -0.137. The molecule has 0 fully saturated rings. The summed E-state index contributed by atoms with van der Waals surface area (Å²) in [4.78, 5) is 22.8. The number of aliphatic carboxylic acids is 1. The molecule has 5 N–H and O–H groups in total. The van der Waals surface area contributed by atoms with E-state index >= 15 is 0 Å². The molecular weight excluding hydrogens is 344 g/mol. The lowest BCUT2D eigenvalue weighted by Crippen LogP contribution is -2.11. The third kappa shape index (κ3) is 4.79. The Morgan fingerprint density at radius 3 is 2.19 bits per heavy atom. The summed E-state index contributed by atoms with van der Waals surface area (Å²) in [7, 11) is 0. The van der Waals surface area contributed by atoms with E-state index in [-0.39, 0.29) is 48.5 Å². The van der Waals surface area contributed by atoms with Gasteiger partial charge in [0.25, 0.3) is 0 Å². The maximum absolute atomic E-state index is 12.0. The Balaban J connectivity index is 2.08. The second-order valence-corrected chi connectivity index (χ2v) is 5.61. The molecule has 26 heavy (non-hydrogen) atoms. The summed E-state index contributed by atoms with van der Waals surface area (Å²) >= 11 is 0. The highest BCUT2D eigenvalue weighted by Crippen LogP contribution is 2.39. The average Bonchev–Trinajstić information content (AvgIpc) is 2.59. The van der Waals surface area contributed by atoms with Gasteiger partial charge in [0, 0.05) is 12.8 Å². The summed E-state index contributed by atoms with van der Waals surface area (Å²) in [6, 6.07) is 6.70. The molecule has 0 amide bonds. The number of carbonyl (C=O) groups is 2. The number of phenolic OH excluding ortho intramolecular Hbond substituents is 4. The van der Waals surface area contributed by atoms with Gasteiger partial charge in [-0.1, -0.05) is 12.1 Å². The lowest BCUT2D eigenvalue weighted by atomic mass is 10.1. The van der Waals surface area contributed by atoms with E-state index in [9.17, 15) is 30.0 Å². The number of carboxylic acid groups (broad SMARTS) is 1. The van der Waals surface area contributed by atoms with Crippen LogP contribution in [0.25, 0.3) is 0 Å². The Bertz CT molecular complexity index is 828. The number of hydrogen-bond donors (Lipinski definition) is 5. The molecule has 2 aromatic rings. The predicted molar refractivity (Wildman–Crippen MR) is 89.5 cm³/mol. The summed E-state index contributed by atoms with van der Waals surface area (Å²) in [5.41, 5.74) is 0.863. The highest BCUT2D eigenvalue weighted by molar-refractivity contribution is 5.75. The van der Waals surface area contributed by atoms with Crippen molar-refractivity contribution in [3.8, 4) is 28.7 Å². The standard InChI is InChI=1S/C18H18O8/c19-12-5-1-10(9-14(12)21)2-8-16(24)26-18-11(4-7-15(22)23)3-6-13(20)17(18)25/h1,3,5-6,9,19-21,25H,2,4,7-8H2,(H,22,23). The number of benzene rings is 2. The van der Waals surface area contributed by atoms with Crippen LogP contribution in [0.4, 0.5) is 0 Å². The Morgan fingerprint density at radius 2 is 1.54 bits per heavy atom. The maximum Gasteiger partial charge on any atom is 0.311 e. The molecule has 0 aromatic heterocycles. The van der Waals surface area contributed by atoms with E-state index < -0.39 is 23.4 Å². The average molecular weight is 362 g/mol. The third-order valence-corrected chi connectivity index (χ3v) is 3.67. The molecule has 0 spiro atoms. The second-order valence-electron chi connectivity index (χ2n) is 5.61. The van der Waals surface area contributed by atoms with Crippen LogP contribution in [0.1, 0.15) is 24.0 Å². The number of rotatable bonds is 7. The SMILES string of the molecule is O=C(O)CCc1ccc(O)c(O)c1OC(=O)CCc1ccc(O)c(O)c1. The zero-order valence-corrected chi connectivity index (χ0v) is 13.7. The van der Waals surface area contributed by atoms with Crippen molar-refractivity contribution in [2.45, 2.75) is 25.7 Å². The zero-order valence-electron chi connectivity index (χ0n) is 13.7. The summed E-state index contributed by atoms with van der Waals surface area (Å²) in [6.07, 6.45) is -0.117. The van der Waals surface area contributed by atoms with Crippen LogP contribution in [0, 0.1) is 0 Å². The second kappa shape index (κ2) is 8.11. The largest absolute Gasteiger partial charge is 0.504 e. The van der Waals surface area contributed by atoms with Gasteiger partial charge in [-0.3, -0.25) is 9.59 Å². The van der Waals surface area contributed by atoms with Crippen molar-refractivity contribution in [1.82, 2.24) is 0 Å². The molecule has 0 saturated carbocycles. The number of ether oxygens (including phenoxy) is 1. The minimum atomic E-state index is -1.05. The van der Waals surface area contributed by atoms with Gasteiger partial charge in [-0.2, -0.15) is 0 Å². The van der Waals surface area contributed by atoms with E-state index in [0.29, 0.717) is 5.56 Å². The smallest absolute Gasteiger partial charge is 0.311 e. The summed E-state index contributed by atoms with van der Waals surface area (Å²) in [5, 5.41) is 46.9. The fourth-order valence-corrected chi connectivity index (χ4v) is 2.29. The van der Waals surface area contributed by atoms with Crippen LogP contribution in [0.5, 0.6) is 28.7 Å². The van der Waals surface area contributed by atoms with E-state index in [1.165, 1.54) is 30.3 Å². The van der Waals surface area contributed by atoms with Crippen molar-refractivity contribution < 1.29 is 39.9 Å². The van der Waals surface area contributed by atoms with Crippen molar-refractivity contribution >= 4 is 11.9 Å². The molecule has 0 bridgehead atoms. The van der Waals surface area contributed by atoms with Crippen molar-refractivity contribution in [3.05, 3.63) is 41.5 Å². The summed E-state index contributed by atoms with van der Waals surface area (Å²) in [5.74, 6) is -3.75. The topological polar surface area (TPSA) is 145 Å². The van der Waals surface area contributed by atoms with Crippen LogP contribution in [0.2, 0.25) is 0 Å². The lowest BCUT2D eigenvalue weighted by Gasteiger charge is -2.12. The van der Waals surface area contributed by atoms with E-state index in [4.69, 9.17) is 9.84 Å². The van der Waals surface area contributed by atoms with Crippen LogP contribution in [0.15, 0.2) is 30.3 Å². The fourth-order valence-electron chi connectivity index (χ4n) is 2.29. The number of aryl methyl sites for hydroxylation is 2. The zero-order chi connectivity index (χ0) is 19.3. The first-order chi connectivity index (χ1) is 12.3. The van der Waals surface area contributed by atoms with Gasteiger partial charge in [0.15, 0.2) is 23.0 Å². The van der Waals surface area contributed by atoms with Crippen molar-refractivity contribution in [2.75, 3.05) is 0 Å². The molecular formula is C18H18O8. The highest BCUT2D eigenvalue weighted by Gasteiger charge is 2.18. The first-order valence-corrected chi connectivity index (χ1v) is 7.75. The summed E-state index contributed by atoms with van der Waals surface area (Å²) < 4.78 is 5.11. The molecule has 0 aliphatic rings. The van der Waals surface area contributed by atoms with Crippen LogP contribution in [-0.4, -0.2) is 37.5 Å². The van der Waals surface area contributed by atoms with E-state index in [0.717, 1.165) is 0 Å². The van der Waals surface area contributed by atoms with Gasteiger partial charge in [-0.15, -0.1) is 0 Å². The number of phenols is 4. The van der Waals surface area contributed by atoms with Crippen molar-refractivity contribution in [3.63, 3.8) is 0 Å². The molecule has 0 heterocycles. The minimum absolute atomic E-state index is 0.0115. The van der Waals surface area contributed by atoms with Crippen LogP contribution < -0.4 is 4.74 Å². The molecule has 0 aliphatic carbocycles. The number of carboxylic acids is 1. The molecule has 0 aliphatic heterocycles. The van der Waals surface area contributed by atoms with E-state index in [1.54, 1.807) is 0 Å². The highest BCUT2D eigenvalue weighted by atomic mass is 16.5. The van der Waals surface area contributed by atoms with Crippen LogP contribution in [0.3, 0.4) is 0 Å². The molecule has 8 heteroatoms. The molecule has 0 unspecified atom stereocenters. The summed E-state index contributed by atoms with van der Waals surface area (Å²) in [6.45, 7) is 0. The minimum Gasteiger partial charge on any atom is -0.504 e. The van der Waals surface area contributed by atoms with Gasteiger partial charge in [0.05, 0.1) is 0 Å². The third-order valence-electron chi connectivity index (χ3n) is 3.67. The fraction of sp³-hybridized carbons (Fsp3) is 0.222.